The molecule has 0 atom stereocenters. The van der Waals surface area contributed by atoms with Crippen LogP contribution in [0.1, 0.15) is 0 Å². The topological polar surface area (TPSA) is 29.5 Å². The lowest BCUT2D eigenvalue weighted by Gasteiger charge is -2.03. The van der Waals surface area contributed by atoms with Gasteiger partial charge < -0.3 is 9.84 Å². The maximum absolute atomic E-state index is 9.13. The summed E-state index contributed by atoms with van der Waals surface area (Å²) in [6, 6.07) is 6.99. The van der Waals surface area contributed by atoms with Crippen LogP contribution in [0.2, 0.25) is 0 Å². The third-order valence-electron chi connectivity index (χ3n) is 1.17. The van der Waals surface area contributed by atoms with E-state index in [1.165, 1.54) is 0 Å². The zero-order chi connectivity index (χ0) is 7.40. The van der Waals surface area contributed by atoms with Gasteiger partial charge in [0.05, 0.1) is 16.5 Å². The quantitative estimate of drug-likeness (QED) is 0.612. The summed E-state index contributed by atoms with van der Waals surface area (Å²) in [6.45, 7) is 0. The highest BCUT2D eigenvalue weighted by atomic mass is 28.1. The molecule has 3 heteroatoms. The molecule has 0 aliphatic heterocycles. The van der Waals surface area contributed by atoms with Crippen molar-refractivity contribution in [3.8, 4) is 11.5 Å². The van der Waals surface area contributed by atoms with Crippen LogP contribution in [-0.4, -0.2) is 21.6 Å². The average molecular weight is 154 g/mol. The Morgan fingerprint density at radius 2 is 2.10 bits per heavy atom. The molecule has 0 aliphatic carbocycles. The van der Waals surface area contributed by atoms with E-state index in [4.69, 9.17) is 9.84 Å². The Morgan fingerprint density at radius 3 is 2.70 bits per heavy atom. The van der Waals surface area contributed by atoms with Crippen LogP contribution in [0.15, 0.2) is 24.3 Å². The van der Waals surface area contributed by atoms with Gasteiger partial charge in [0.25, 0.3) is 0 Å². The zero-order valence-electron chi connectivity index (χ0n) is 5.87. The van der Waals surface area contributed by atoms with E-state index in [0.717, 1.165) is 16.5 Å². The highest BCUT2D eigenvalue weighted by Gasteiger charge is 1.96. The highest BCUT2D eigenvalue weighted by molar-refractivity contribution is 6.08. The first-order valence-electron chi connectivity index (χ1n) is 3.25. The second-order valence-electron chi connectivity index (χ2n) is 1.90. The van der Waals surface area contributed by atoms with Crippen LogP contribution in [0.3, 0.4) is 0 Å². The molecule has 10 heavy (non-hydrogen) atoms. The van der Waals surface area contributed by atoms with E-state index >= 15 is 0 Å². The second-order valence-corrected chi connectivity index (χ2v) is 2.48. The van der Waals surface area contributed by atoms with Gasteiger partial charge in [0.1, 0.15) is 0 Å². The number of ether oxygens (including phenoxy) is 1. The molecule has 0 heterocycles. The normalized spacial score (nSPS) is 9.60. The number of para-hydroxylation sites is 2. The summed E-state index contributed by atoms with van der Waals surface area (Å²) in [6.07, 6.45) is 0.720. The fourth-order valence-corrected chi connectivity index (χ4v) is 1.05. The molecule has 0 spiro atoms. The summed E-state index contributed by atoms with van der Waals surface area (Å²) < 4.78 is 5.15. The smallest absolute Gasteiger partial charge is 0.160 e. The van der Waals surface area contributed by atoms with Gasteiger partial charge in [-0.25, -0.2) is 0 Å². The third-order valence-corrected chi connectivity index (χ3v) is 1.45. The number of phenols is 1. The third kappa shape index (κ3) is 1.51. The molecule has 0 fully saturated rings. The fourth-order valence-electron chi connectivity index (χ4n) is 0.735. The molecule has 1 aromatic rings. The average Bonchev–Trinajstić information content (AvgIpc) is 1.94. The largest absolute Gasteiger partial charge is 0.504 e. The first-order valence-corrected chi connectivity index (χ1v) is 4.67. The molecule has 54 valence electrons. The van der Waals surface area contributed by atoms with Crippen molar-refractivity contribution >= 4 is 10.2 Å². The zero-order valence-corrected chi connectivity index (χ0v) is 7.87. The van der Waals surface area contributed by atoms with E-state index in [1.807, 2.05) is 6.07 Å². The van der Waals surface area contributed by atoms with Crippen molar-refractivity contribution in [2.24, 2.45) is 0 Å². The maximum Gasteiger partial charge on any atom is 0.160 e. The molecule has 2 nitrogen and oxygen atoms in total. The van der Waals surface area contributed by atoms with Crippen molar-refractivity contribution in [2.45, 2.75) is 0 Å². The van der Waals surface area contributed by atoms with Crippen LogP contribution in [-0.2, 0) is 0 Å². The first-order chi connectivity index (χ1) is 4.84. The number of phenolic OH excluding ortho intramolecular Hbond substituents is 1. The molecule has 0 amide bonds. The molecular weight excluding hydrogens is 144 g/mol. The Hall–Kier alpha value is -0.963. The lowest BCUT2D eigenvalue weighted by atomic mass is 10.3. The Bertz CT molecular complexity index is 213. The van der Waals surface area contributed by atoms with Gasteiger partial charge in [-0.2, -0.15) is 0 Å². The SMILES string of the molecule is Oc1ccccc1OC[SiH3]. The minimum absolute atomic E-state index is 0.221. The molecule has 1 aromatic carbocycles. The first kappa shape index (κ1) is 7.15. The highest BCUT2D eigenvalue weighted by Crippen LogP contribution is 2.23. The van der Waals surface area contributed by atoms with Crippen molar-refractivity contribution in [1.29, 1.82) is 0 Å². The Kier molecular flexibility index (Phi) is 2.34. The van der Waals surface area contributed by atoms with Crippen LogP contribution in [0, 0.1) is 0 Å². The van der Waals surface area contributed by atoms with Crippen LogP contribution in [0.4, 0.5) is 0 Å². The van der Waals surface area contributed by atoms with Gasteiger partial charge in [-0.05, 0) is 12.1 Å². The maximum atomic E-state index is 9.13. The van der Waals surface area contributed by atoms with E-state index in [2.05, 4.69) is 0 Å². The Labute approximate surface area is 62.9 Å². The van der Waals surface area contributed by atoms with Crippen molar-refractivity contribution < 1.29 is 9.84 Å². The second kappa shape index (κ2) is 3.27. The lowest BCUT2D eigenvalue weighted by molar-refractivity contribution is 0.354. The van der Waals surface area contributed by atoms with Crippen molar-refractivity contribution in [3.05, 3.63) is 24.3 Å². The van der Waals surface area contributed by atoms with E-state index < -0.39 is 0 Å². The van der Waals surface area contributed by atoms with Gasteiger partial charge >= 0.3 is 0 Å². The summed E-state index contributed by atoms with van der Waals surface area (Å²) in [5, 5.41) is 9.13. The van der Waals surface area contributed by atoms with Gasteiger partial charge in [0, 0.05) is 0 Å². The summed E-state index contributed by atoms with van der Waals surface area (Å²) in [5.74, 6) is 0.802. The molecule has 1 rings (SSSR count). The van der Waals surface area contributed by atoms with Crippen molar-refractivity contribution in [3.63, 3.8) is 0 Å². The van der Waals surface area contributed by atoms with Crippen molar-refractivity contribution in [2.75, 3.05) is 6.23 Å². The van der Waals surface area contributed by atoms with Gasteiger partial charge in [-0.3, -0.25) is 0 Å². The molecular formula is C7H10O2Si. The molecule has 0 saturated heterocycles. The van der Waals surface area contributed by atoms with Gasteiger partial charge in [0.2, 0.25) is 0 Å². The van der Waals surface area contributed by atoms with Gasteiger partial charge in [0.15, 0.2) is 11.5 Å². The van der Waals surface area contributed by atoms with Crippen LogP contribution < -0.4 is 4.74 Å². The summed E-state index contributed by atoms with van der Waals surface area (Å²) >= 11 is 0. The number of hydrogen-bond acceptors (Lipinski definition) is 2. The molecule has 0 saturated carbocycles. The number of aromatic hydroxyl groups is 1. The molecule has 0 aromatic heterocycles. The molecule has 0 radical (unpaired) electrons. The van der Waals surface area contributed by atoms with E-state index in [1.54, 1.807) is 18.2 Å². The lowest BCUT2D eigenvalue weighted by Crippen LogP contribution is -1.94. The number of benzene rings is 1. The minimum Gasteiger partial charge on any atom is -0.504 e. The van der Waals surface area contributed by atoms with Gasteiger partial charge in [-0.15, -0.1) is 0 Å². The van der Waals surface area contributed by atoms with E-state index in [0.29, 0.717) is 5.75 Å². The predicted octanol–water partition coefficient (Wildman–Crippen LogP) is 0.0939. The monoisotopic (exact) mass is 154 g/mol. The summed E-state index contributed by atoms with van der Waals surface area (Å²) in [4.78, 5) is 0. The number of hydrogen-bond donors (Lipinski definition) is 1. The molecule has 0 aliphatic rings. The molecule has 1 N–H and O–H groups in total. The van der Waals surface area contributed by atoms with Crippen LogP contribution >= 0.6 is 0 Å². The number of rotatable bonds is 2. The Morgan fingerprint density at radius 1 is 1.40 bits per heavy atom. The molecule has 0 bridgehead atoms. The predicted molar refractivity (Wildman–Crippen MR) is 43.5 cm³/mol. The van der Waals surface area contributed by atoms with Crippen LogP contribution in [0.25, 0.3) is 0 Å². The summed E-state index contributed by atoms with van der Waals surface area (Å²) in [5.41, 5.74) is 0. The summed E-state index contributed by atoms with van der Waals surface area (Å²) in [7, 11) is 0.988. The van der Waals surface area contributed by atoms with Crippen molar-refractivity contribution in [1.82, 2.24) is 0 Å². The van der Waals surface area contributed by atoms with Crippen LogP contribution in [0.5, 0.6) is 11.5 Å². The fraction of sp³-hybridized carbons (Fsp3) is 0.143. The standard InChI is InChI=1S/C7H10O2Si/c8-6-3-1-2-4-7(6)9-5-10/h1-4,8H,5H2,10H3. The van der Waals surface area contributed by atoms with Gasteiger partial charge in [-0.1, -0.05) is 12.1 Å². The molecule has 0 unspecified atom stereocenters. The van der Waals surface area contributed by atoms with E-state index in [9.17, 15) is 0 Å². The Balaban J connectivity index is 2.81. The van der Waals surface area contributed by atoms with E-state index in [-0.39, 0.29) is 5.75 Å². The minimum atomic E-state index is 0.221.